The summed E-state index contributed by atoms with van der Waals surface area (Å²) < 4.78 is 13.8. The van der Waals surface area contributed by atoms with E-state index in [9.17, 15) is 4.39 Å². The van der Waals surface area contributed by atoms with Crippen molar-refractivity contribution in [1.29, 1.82) is 0 Å². The van der Waals surface area contributed by atoms with E-state index in [4.69, 9.17) is 0 Å². The third kappa shape index (κ3) is 3.45. The van der Waals surface area contributed by atoms with Crippen LogP contribution in [0.1, 0.15) is 12.8 Å². The summed E-state index contributed by atoms with van der Waals surface area (Å²) in [7, 11) is 0. The Labute approximate surface area is 122 Å². The van der Waals surface area contributed by atoms with Gasteiger partial charge in [0, 0.05) is 11.4 Å². The van der Waals surface area contributed by atoms with Gasteiger partial charge in [-0.3, -0.25) is 0 Å². The fourth-order valence-corrected chi connectivity index (χ4v) is 2.01. The molecule has 5 heteroatoms. The molecule has 0 spiro atoms. The van der Waals surface area contributed by atoms with Crippen LogP contribution >= 0.6 is 0 Å². The standard InChI is InChI=1S/C16H15FN4/c17-14-11-18-16(20-13-9-5-2-6-10-13)21-15(14)19-12-7-3-1-4-8-12/h1,3-5,7-11H,2,6H2,(H2,18,19,20,21). The number of rotatable bonds is 4. The van der Waals surface area contributed by atoms with Crippen molar-refractivity contribution in [2.45, 2.75) is 12.8 Å². The molecule has 1 heterocycles. The molecule has 0 atom stereocenters. The summed E-state index contributed by atoms with van der Waals surface area (Å²) in [6.07, 6.45) is 9.30. The van der Waals surface area contributed by atoms with Crippen LogP contribution in [0.2, 0.25) is 0 Å². The minimum atomic E-state index is -0.488. The molecule has 0 unspecified atom stereocenters. The normalized spacial score (nSPS) is 13.7. The fourth-order valence-electron chi connectivity index (χ4n) is 2.01. The lowest BCUT2D eigenvalue weighted by Crippen LogP contribution is -2.06. The number of anilines is 3. The molecule has 0 amide bonds. The third-order valence-corrected chi connectivity index (χ3v) is 3.03. The maximum atomic E-state index is 13.8. The van der Waals surface area contributed by atoms with Gasteiger partial charge in [-0.1, -0.05) is 30.4 Å². The highest BCUT2D eigenvalue weighted by atomic mass is 19.1. The van der Waals surface area contributed by atoms with E-state index in [1.165, 1.54) is 0 Å². The lowest BCUT2D eigenvalue weighted by molar-refractivity contribution is 0.619. The van der Waals surface area contributed by atoms with E-state index >= 15 is 0 Å². The van der Waals surface area contributed by atoms with Crippen molar-refractivity contribution < 1.29 is 4.39 Å². The molecule has 21 heavy (non-hydrogen) atoms. The van der Waals surface area contributed by atoms with Gasteiger partial charge in [0.2, 0.25) is 5.95 Å². The number of benzene rings is 1. The van der Waals surface area contributed by atoms with Gasteiger partial charge in [-0.05, 0) is 31.1 Å². The molecule has 0 aliphatic heterocycles. The summed E-state index contributed by atoms with van der Waals surface area (Å²) in [5.41, 5.74) is 1.70. The number of hydrogen-bond acceptors (Lipinski definition) is 4. The summed E-state index contributed by atoms with van der Waals surface area (Å²) in [5.74, 6) is 0.0317. The molecule has 3 rings (SSSR count). The second-order valence-corrected chi connectivity index (χ2v) is 4.65. The molecule has 0 fully saturated rings. The molecular formula is C16H15FN4. The van der Waals surface area contributed by atoms with Gasteiger partial charge in [-0.15, -0.1) is 0 Å². The van der Waals surface area contributed by atoms with Crippen LogP contribution in [0.4, 0.5) is 21.8 Å². The Balaban J connectivity index is 1.79. The zero-order valence-electron chi connectivity index (χ0n) is 11.4. The molecule has 106 valence electrons. The van der Waals surface area contributed by atoms with Gasteiger partial charge in [0.05, 0.1) is 6.20 Å². The monoisotopic (exact) mass is 282 g/mol. The molecule has 2 aromatic rings. The van der Waals surface area contributed by atoms with Gasteiger partial charge in [-0.25, -0.2) is 9.37 Å². The zero-order chi connectivity index (χ0) is 14.5. The Kier molecular flexibility index (Phi) is 3.91. The average molecular weight is 282 g/mol. The summed E-state index contributed by atoms with van der Waals surface area (Å²) in [5, 5.41) is 6.03. The lowest BCUT2D eigenvalue weighted by atomic mass is 10.1. The molecule has 0 saturated heterocycles. The Hall–Kier alpha value is -2.69. The summed E-state index contributed by atoms with van der Waals surface area (Å²) >= 11 is 0. The Bertz CT molecular complexity index is 680. The fraction of sp³-hybridized carbons (Fsp3) is 0.125. The van der Waals surface area contributed by atoms with Crippen LogP contribution in [-0.4, -0.2) is 9.97 Å². The van der Waals surface area contributed by atoms with Crippen molar-refractivity contribution in [1.82, 2.24) is 9.97 Å². The van der Waals surface area contributed by atoms with Crippen LogP contribution in [0.15, 0.2) is 60.5 Å². The van der Waals surface area contributed by atoms with E-state index in [2.05, 4.69) is 32.8 Å². The predicted molar refractivity (Wildman–Crippen MR) is 81.8 cm³/mol. The van der Waals surface area contributed by atoms with Crippen molar-refractivity contribution in [2.75, 3.05) is 10.6 Å². The van der Waals surface area contributed by atoms with Gasteiger partial charge in [0.25, 0.3) is 0 Å². The number of halogens is 1. The van der Waals surface area contributed by atoms with Crippen molar-refractivity contribution >= 4 is 17.5 Å². The topological polar surface area (TPSA) is 49.8 Å². The SMILES string of the molecule is Fc1cnc(NC2=CCCC=C2)nc1Nc1ccccc1. The van der Waals surface area contributed by atoms with Gasteiger partial charge >= 0.3 is 0 Å². The number of nitrogens with one attached hydrogen (secondary N) is 2. The molecule has 0 radical (unpaired) electrons. The minimum Gasteiger partial charge on any atom is -0.338 e. The second kappa shape index (κ2) is 6.17. The van der Waals surface area contributed by atoms with Crippen LogP contribution in [0.5, 0.6) is 0 Å². The van der Waals surface area contributed by atoms with Gasteiger partial charge in [0.15, 0.2) is 11.6 Å². The molecule has 1 aromatic heterocycles. The van der Waals surface area contributed by atoms with Crippen LogP contribution in [0, 0.1) is 5.82 Å². The van der Waals surface area contributed by atoms with Crippen molar-refractivity contribution in [3.8, 4) is 0 Å². The van der Waals surface area contributed by atoms with Crippen molar-refractivity contribution in [3.05, 3.63) is 66.3 Å². The summed E-state index contributed by atoms with van der Waals surface area (Å²) in [6, 6.07) is 9.34. The molecule has 1 aliphatic rings. The van der Waals surface area contributed by atoms with Gasteiger partial charge < -0.3 is 10.6 Å². The Morgan fingerprint density at radius 1 is 1.05 bits per heavy atom. The number of nitrogens with zero attached hydrogens (tertiary/aromatic N) is 2. The Morgan fingerprint density at radius 3 is 2.67 bits per heavy atom. The number of hydrogen-bond donors (Lipinski definition) is 2. The lowest BCUT2D eigenvalue weighted by Gasteiger charge is -2.11. The molecule has 0 saturated carbocycles. The van der Waals surface area contributed by atoms with Crippen LogP contribution in [-0.2, 0) is 0 Å². The smallest absolute Gasteiger partial charge is 0.229 e. The number of para-hydroxylation sites is 1. The van der Waals surface area contributed by atoms with Crippen molar-refractivity contribution in [3.63, 3.8) is 0 Å². The summed E-state index contributed by atoms with van der Waals surface area (Å²) in [4.78, 5) is 8.14. The van der Waals surface area contributed by atoms with Crippen LogP contribution in [0.3, 0.4) is 0 Å². The van der Waals surface area contributed by atoms with E-state index < -0.39 is 5.82 Å². The third-order valence-electron chi connectivity index (χ3n) is 3.03. The first kappa shape index (κ1) is 13.3. The van der Waals surface area contributed by atoms with Crippen LogP contribution < -0.4 is 10.6 Å². The first-order valence-electron chi connectivity index (χ1n) is 6.79. The minimum absolute atomic E-state index is 0.152. The predicted octanol–water partition coefficient (Wildman–Crippen LogP) is 4.01. The summed E-state index contributed by atoms with van der Waals surface area (Å²) in [6.45, 7) is 0. The van der Waals surface area contributed by atoms with Crippen LogP contribution in [0.25, 0.3) is 0 Å². The van der Waals surface area contributed by atoms with E-state index in [1.54, 1.807) is 0 Å². The van der Waals surface area contributed by atoms with E-state index in [-0.39, 0.29) is 5.82 Å². The Morgan fingerprint density at radius 2 is 1.90 bits per heavy atom. The highest BCUT2D eigenvalue weighted by molar-refractivity contribution is 5.57. The quantitative estimate of drug-likeness (QED) is 0.889. The van der Waals surface area contributed by atoms with Gasteiger partial charge in [0.1, 0.15) is 0 Å². The molecule has 1 aromatic carbocycles. The van der Waals surface area contributed by atoms with Gasteiger partial charge in [-0.2, -0.15) is 4.98 Å². The average Bonchev–Trinajstić information content (AvgIpc) is 2.53. The highest BCUT2D eigenvalue weighted by Gasteiger charge is 2.08. The molecule has 4 nitrogen and oxygen atoms in total. The van der Waals surface area contributed by atoms with Crippen molar-refractivity contribution in [2.24, 2.45) is 0 Å². The molecule has 2 N–H and O–H groups in total. The molecule has 0 bridgehead atoms. The maximum absolute atomic E-state index is 13.8. The van der Waals surface area contributed by atoms with E-state index in [0.717, 1.165) is 30.4 Å². The first-order chi connectivity index (χ1) is 10.3. The maximum Gasteiger partial charge on any atom is 0.229 e. The zero-order valence-corrected chi connectivity index (χ0v) is 11.4. The first-order valence-corrected chi connectivity index (χ1v) is 6.79. The number of allylic oxidation sites excluding steroid dienone is 3. The second-order valence-electron chi connectivity index (χ2n) is 4.65. The number of aromatic nitrogens is 2. The van der Waals surface area contributed by atoms with E-state index in [1.807, 2.05) is 36.4 Å². The largest absolute Gasteiger partial charge is 0.338 e. The van der Waals surface area contributed by atoms with E-state index in [0.29, 0.717) is 5.95 Å². The molecule has 1 aliphatic carbocycles. The molecular weight excluding hydrogens is 267 g/mol. The highest BCUT2D eigenvalue weighted by Crippen LogP contribution is 2.19.